The molecule has 9 heteroatoms. The van der Waals surface area contributed by atoms with Crippen LogP contribution in [0.3, 0.4) is 0 Å². The molecule has 0 amide bonds. The van der Waals surface area contributed by atoms with Crippen LogP contribution >= 0.6 is 11.3 Å². The van der Waals surface area contributed by atoms with Crippen molar-refractivity contribution in [3.63, 3.8) is 0 Å². The van der Waals surface area contributed by atoms with Gasteiger partial charge < -0.3 is 10.2 Å². The van der Waals surface area contributed by atoms with Crippen molar-refractivity contribution >= 4 is 43.9 Å². The molecule has 4 heterocycles. The van der Waals surface area contributed by atoms with E-state index in [0.29, 0.717) is 11.6 Å². The van der Waals surface area contributed by atoms with Gasteiger partial charge in [-0.05, 0) is 23.6 Å². The van der Waals surface area contributed by atoms with Crippen LogP contribution in [0.15, 0.2) is 46.1 Å². The van der Waals surface area contributed by atoms with Gasteiger partial charge in [0.2, 0.25) is 0 Å². The fraction of sp³-hybridized carbons (Fsp3) is 0.250. The van der Waals surface area contributed by atoms with E-state index in [1.807, 2.05) is 12.1 Å². The number of rotatable bonds is 4. The van der Waals surface area contributed by atoms with E-state index in [0.717, 1.165) is 37.1 Å². The number of anilines is 2. The van der Waals surface area contributed by atoms with Crippen LogP contribution in [-0.4, -0.2) is 44.6 Å². The van der Waals surface area contributed by atoms with Gasteiger partial charge in [-0.3, -0.25) is 9.71 Å². The summed E-state index contributed by atoms with van der Waals surface area (Å²) in [6.07, 6.45) is 1.73. The Morgan fingerprint density at radius 3 is 2.80 bits per heavy atom. The summed E-state index contributed by atoms with van der Waals surface area (Å²) in [6, 6.07) is 8.76. The standard InChI is InChI=1S/C16H17N5O2S2/c22-25(23,14-4-2-10-24-14)20-13-11-12-3-1-5-18-15(12)16(19-13)21-8-6-17-7-9-21/h1-5,10-11,17H,6-9H2,(H,19,20). The summed E-state index contributed by atoms with van der Waals surface area (Å²) < 4.78 is 27.9. The highest BCUT2D eigenvalue weighted by Crippen LogP contribution is 2.28. The molecule has 0 aromatic carbocycles. The van der Waals surface area contributed by atoms with Crippen LogP contribution in [0.4, 0.5) is 11.6 Å². The van der Waals surface area contributed by atoms with Gasteiger partial charge in [0.15, 0.2) is 5.82 Å². The number of aromatic nitrogens is 2. The molecule has 0 unspecified atom stereocenters. The Morgan fingerprint density at radius 1 is 1.20 bits per heavy atom. The zero-order valence-electron chi connectivity index (χ0n) is 13.3. The lowest BCUT2D eigenvalue weighted by Gasteiger charge is -2.29. The first-order chi connectivity index (χ1) is 12.1. The predicted molar refractivity (Wildman–Crippen MR) is 99.7 cm³/mol. The Balaban J connectivity index is 1.77. The molecule has 2 N–H and O–H groups in total. The van der Waals surface area contributed by atoms with Gasteiger partial charge in [0.25, 0.3) is 10.0 Å². The van der Waals surface area contributed by atoms with Gasteiger partial charge in [-0.1, -0.05) is 12.1 Å². The van der Waals surface area contributed by atoms with E-state index in [-0.39, 0.29) is 4.21 Å². The van der Waals surface area contributed by atoms with Gasteiger partial charge in [-0.2, -0.15) is 0 Å². The third-order valence-electron chi connectivity index (χ3n) is 3.98. The molecule has 25 heavy (non-hydrogen) atoms. The highest BCUT2D eigenvalue weighted by Gasteiger charge is 2.20. The van der Waals surface area contributed by atoms with Gasteiger partial charge >= 0.3 is 0 Å². The number of pyridine rings is 2. The minimum absolute atomic E-state index is 0.268. The molecule has 7 nitrogen and oxygen atoms in total. The zero-order valence-corrected chi connectivity index (χ0v) is 15.0. The van der Waals surface area contributed by atoms with Crippen molar-refractivity contribution in [2.45, 2.75) is 4.21 Å². The largest absolute Gasteiger partial charge is 0.352 e. The monoisotopic (exact) mass is 375 g/mol. The third kappa shape index (κ3) is 3.30. The average molecular weight is 375 g/mol. The molecular formula is C16H17N5O2S2. The van der Waals surface area contributed by atoms with Crippen molar-refractivity contribution < 1.29 is 8.42 Å². The van der Waals surface area contributed by atoms with Crippen LogP contribution < -0.4 is 14.9 Å². The minimum atomic E-state index is -3.63. The number of thiophene rings is 1. The Morgan fingerprint density at radius 2 is 2.04 bits per heavy atom. The fourth-order valence-corrected chi connectivity index (χ4v) is 4.81. The molecule has 0 bridgehead atoms. The van der Waals surface area contributed by atoms with Gasteiger partial charge in [0.1, 0.15) is 15.5 Å². The number of nitrogens with zero attached hydrogens (tertiary/aromatic N) is 3. The Hall–Kier alpha value is -2.23. The van der Waals surface area contributed by atoms with Crippen LogP contribution in [0.5, 0.6) is 0 Å². The Labute approximate surface area is 149 Å². The van der Waals surface area contributed by atoms with E-state index >= 15 is 0 Å². The van der Waals surface area contributed by atoms with E-state index in [1.165, 1.54) is 11.3 Å². The lowest BCUT2D eigenvalue weighted by atomic mass is 10.2. The van der Waals surface area contributed by atoms with Crippen molar-refractivity contribution in [1.82, 2.24) is 15.3 Å². The smallest absolute Gasteiger partial charge is 0.272 e. The summed E-state index contributed by atoms with van der Waals surface area (Å²) in [4.78, 5) is 11.1. The fourth-order valence-electron chi connectivity index (χ4n) is 2.82. The molecule has 3 aromatic heterocycles. The lowest BCUT2D eigenvalue weighted by molar-refractivity contribution is 0.586. The number of fused-ring (bicyclic) bond motifs is 1. The zero-order chi connectivity index (χ0) is 17.3. The molecule has 1 aliphatic rings. The summed E-state index contributed by atoms with van der Waals surface area (Å²) in [5, 5.41) is 5.89. The molecule has 0 atom stereocenters. The molecule has 0 saturated carbocycles. The first-order valence-corrected chi connectivity index (χ1v) is 10.3. The summed E-state index contributed by atoms with van der Waals surface area (Å²) >= 11 is 1.18. The molecule has 0 radical (unpaired) electrons. The number of sulfonamides is 1. The second kappa shape index (κ2) is 6.58. The number of nitrogens with one attached hydrogen (secondary N) is 2. The third-order valence-corrected chi connectivity index (χ3v) is 6.74. The summed E-state index contributed by atoms with van der Waals surface area (Å²) in [5.41, 5.74) is 0.781. The van der Waals surface area contributed by atoms with Gasteiger partial charge in [-0.15, -0.1) is 11.3 Å². The molecule has 3 aromatic rings. The van der Waals surface area contributed by atoms with E-state index in [1.54, 1.807) is 29.8 Å². The summed E-state index contributed by atoms with van der Waals surface area (Å²) in [6.45, 7) is 3.34. The number of piperazine rings is 1. The van der Waals surface area contributed by atoms with Gasteiger partial charge in [-0.25, -0.2) is 13.4 Å². The van der Waals surface area contributed by atoms with Crippen LogP contribution in [0.1, 0.15) is 0 Å². The second-order valence-electron chi connectivity index (χ2n) is 5.68. The quantitative estimate of drug-likeness (QED) is 0.724. The summed E-state index contributed by atoms with van der Waals surface area (Å²) in [5.74, 6) is 1.02. The molecule has 1 aliphatic heterocycles. The van der Waals surface area contributed by atoms with E-state index in [2.05, 4.69) is 24.9 Å². The van der Waals surface area contributed by atoms with Crippen molar-refractivity contribution in [3.8, 4) is 0 Å². The van der Waals surface area contributed by atoms with E-state index in [4.69, 9.17) is 0 Å². The number of hydrogen-bond donors (Lipinski definition) is 2. The first-order valence-electron chi connectivity index (χ1n) is 7.91. The highest BCUT2D eigenvalue weighted by molar-refractivity contribution is 7.94. The molecule has 4 rings (SSSR count). The SMILES string of the molecule is O=S(=O)(Nc1cc2cccnc2c(N2CCNCC2)n1)c1cccs1. The molecular weight excluding hydrogens is 358 g/mol. The normalized spacial score (nSPS) is 15.4. The van der Waals surface area contributed by atoms with Crippen molar-refractivity contribution in [2.75, 3.05) is 35.8 Å². The van der Waals surface area contributed by atoms with Gasteiger partial charge in [0, 0.05) is 37.8 Å². The van der Waals surface area contributed by atoms with Crippen molar-refractivity contribution in [3.05, 3.63) is 41.9 Å². The van der Waals surface area contributed by atoms with Crippen LogP contribution in [0, 0.1) is 0 Å². The Bertz CT molecular complexity index is 983. The molecule has 130 valence electrons. The number of hydrogen-bond acceptors (Lipinski definition) is 7. The maximum absolute atomic E-state index is 12.5. The van der Waals surface area contributed by atoms with Crippen molar-refractivity contribution in [2.24, 2.45) is 0 Å². The molecule has 0 aliphatic carbocycles. The van der Waals surface area contributed by atoms with Gasteiger partial charge in [0.05, 0.1) is 0 Å². The van der Waals surface area contributed by atoms with Crippen LogP contribution in [-0.2, 0) is 10.0 Å². The molecule has 0 spiro atoms. The van der Waals surface area contributed by atoms with Crippen LogP contribution in [0.25, 0.3) is 10.9 Å². The second-order valence-corrected chi connectivity index (χ2v) is 8.54. The topological polar surface area (TPSA) is 87.2 Å². The van der Waals surface area contributed by atoms with Crippen molar-refractivity contribution in [1.29, 1.82) is 0 Å². The Kier molecular flexibility index (Phi) is 4.28. The average Bonchev–Trinajstić information content (AvgIpc) is 3.17. The maximum Gasteiger partial charge on any atom is 0.272 e. The van der Waals surface area contributed by atoms with E-state index < -0.39 is 10.0 Å². The van der Waals surface area contributed by atoms with E-state index in [9.17, 15) is 8.42 Å². The summed E-state index contributed by atoms with van der Waals surface area (Å²) in [7, 11) is -3.63. The highest BCUT2D eigenvalue weighted by atomic mass is 32.2. The first kappa shape index (κ1) is 16.2. The minimum Gasteiger partial charge on any atom is -0.352 e. The lowest BCUT2D eigenvalue weighted by Crippen LogP contribution is -2.44. The molecule has 1 saturated heterocycles. The molecule has 1 fully saturated rings. The maximum atomic E-state index is 12.5. The van der Waals surface area contributed by atoms with Crippen LogP contribution in [0.2, 0.25) is 0 Å². The predicted octanol–water partition coefficient (Wildman–Crippen LogP) is 1.90.